The molecule has 7 nitrogen and oxygen atoms in total. The van der Waals surface area contributed by atoms with Crippen molar-refractivity contribution in [1.29, 1.82) is 0 Å². The summed E-state index contributed by atoms with van der Waals surface area (Å²) >= 11 is 0. The summed E-state index contributed by atoms with van der Waals surface area (Å²) in [4.78, 5) is 11.4. The highest BCUT2D eigenvalue weighted by molar-refractivity contribution is 7.92. The maximum Gasteiger partial charge on any atom is 0.407 e. The van der Waals surface area contributed by atoms with E-state index in [1.54, 1.807) is 52.0 Å². The van der Waals surface area contributed by atoms with Gasteiger partial charge in [0.1, 0.15) is 5.60 Å². The molecule has 0 radical (unpaired) electrons. The molecule has 0 saturated heterocycles. The molecular weight excluding hydrogens is 318 g/mol. The highest BCUT2D eigenvalue weighted by Crippen LogP contribution is 2.14. The Labute approximate surface area is 137 Å². The van der Waals surface area contributed by atoms with E-state index in [2.05, 4.69) is 15.4 Å². The fraction of sp³-hybridized carbons (Fsp3) is 0.533. The summed E-state index contributed by atoms with van der Waals surface area (Å²) in [5.74, 6) is 0.0311. The number of anilines is 2. The van der Waals surface area contributed by atoms with Crippen LogP contribution in [0.25, 0.3) is 0 Å². The second kappa shape index (κ2) is 8.05. The number of nitrogens with one attached hydrogen (secondary N) is 3. The zero-order chi connectivity index (χ0) is 17.5. The second-order valence-corrected chi connectivity index (χ2v) is 7.95. The molecule has 0 unspecified atom stereocenters. The average Bonchev–Trinajstić information content (AvgIpc) is 2.43. The molecule has 0 aromatic heterocycles. The standard InChI is InChI=1S/C15H25N3O4S/c1-5-23(20,21)18-13-8-6-12(7-9-13)16-10-11-17-14(19)22-15(2,3)4/h6-9,16,18H,5,10-11H2,1-4H3,(H,17,19). The molecule has 0 aliphatic heterocycles. The largest absolute Gasteiger partial charge is 0.444 e. The number of amides is 1. The molecule has 23 heavy (non-hydrogen) atoms. The van der Waals surface area contributed by atoms with Crippen molar-refractivity contribution in [2.24, 2.45) is 0 Å². The predicted octanol–water partition coefficient (Wildman–Crippen LogP) is 2.38. The van der Waals surface area contributed by atoms with Gasteiger partial charge in [-0.05, 0) is 52.0 Å². The lowest BCUT2D eigenvalue weighted by molar-refractivity contribution is 0.0530. The number of alkyl carbamates (subject to hydrolysis) is 1. The number of sulfonamides is 1. The Morgan fingerprint density at radius 3 is 2.17 bits per heavy atom. The molecular formula is C15H25N3O4S. The number of benzene rings is 1. The first-order chi connectivity index (χ1) is 10.6. The molecule has 1 aromatic carbocycles. The minimum atomic E-state index is -3.26. The molecule has 0 bridgehead atoms. The number of hydrogen-bond acceptors (Lipinski definition) is 5. The minimum absolute atomic E-state index is 0.0311. The van der Waals surface area contributed by atoms with E-state index in [1.165, 1.54) is 0 Å². The van der Waals surface area contributed by atoms with Gasteiger partial charge < -0.3 is 15.4 Å². The predicted molar refractivity (Wildman–Crippen MR) is 92.3 cm³/mol. The smallest absolute Gasteiger partial charge is 0.407 e. The fourth-order valence-electron chi connectivity index (χ4n) is 1.59. The quantitative estimate of drug-likeness (QED) is 0.661. The molecule has 0 fully saturated rings. The first kappa shape index (κ1) is 19.1. The molecule has 0 aliphatic carbocycles. The molecule has 0 atom stereocenters. The molecule has 1 rings (SSSR count). The Balaban J connectivity index is 2.35. The number of ether oxygens (including phenoxy) is 1. The molecule has 3 N–H and O–H groups in total. The molecule has 0 saturated carbocycles. The van der Waals surface area contributed by atoms with Crippen molar-refractivity contribution < 1.29 is 17.9 Å². The van der Waals surface area contributed by atoms with Gasteiger partial charge in [-0.2, -0.15) is 0 Å². The molecule has 1 amide bonds. The van der Waals surface area contributed by atoms with Gasteiger partial charge in [-0.15, -0.1) is 0 Å². The van der Waals surface area contributed by atoms with E-state index in [0.29, 0.717) is 18.8 Å². The highest BCUT2D eigenvalue weighted by Gasteiger charge is 2.15. The minimum Gasteiger partial charge on any atom is -0.444 e. The number of hydrogen-bond donors (Lipinski definition) is 3. The zero-order valence-electron chi connectivity index (χ0n) is 14.0. The Morgan fingerprint density at radius 1 is 1.09 bits per heavy atom. The van der Waals surface area contributed by atoms with Crippen LogP contribution in [0.3, 0.4) is 0 Å². The maximum absolute atomic E-state index is 11.4. The van der Waals surface area contributed by atoms with Gasteiger partial charge in [0, 0.05) is 24.5 Å². The molecule has 0 spiro atoms. The number of carbonyl (C=O) groups is 1. The summed E-state index contributed by atoms with van der Waals surface area (Å²) in [6.07, 6.45) is -0.455. The summed E-state index contributed by atoms with van der Waals surface area (Å²) in [5.41, 5.74) is 0.832. The van der Waals surface area contributed by atoms with Crippen LogP contribution in [0.5, 0.6) is 0 Å². The maximum atomic E-state index is 11.4. The van der Waals surface area contributed by atoms with Gasteiger partial charge in [-0.25, -0.2) is 13.2 Å². The van der Waals surface area contributed by atoms with Gasteiger partial charge in [0.25, 0.3) is 0 Å². The van der Waals surface area contributed by atoms with Crippen LogP contribution in [-0.4, -0.2) is 39.0 Å². The molecule has 130 valence electrons. The van der Waals surface area contributed by atoms with E-state index in [1.807, 2.05) is 0 Å². The van der Waals surface area contributed by atoms with Gasteiger partial charge in [0.05, 0.1) is 5.75 Å². The summed E-state index contributed by atoms with van der Waals surface area (Å²) in [6, 6.07) is 6.88. The summed E-state index contributed by atoms with van der Waals surface area (Å²) in [7, 11) is -3.26. The van der Waals surface area contributed by atoms with Crippen molar-refractivity contribution >= 4 is 27.5 Å². The zero-order valence-corrected chi connectivity index (χ0v) is 14.8. The molecule has 1 aromatic rings. The van der Waals surface area contributed by atoms with E-state index < -0.39 is 21.7 Å². The second-order valence-electron chi connectivity index (χ2n) is 5.94. The van der Waals surface area contributed by atoms with E-state index >= 15 is 0 Å². The summed E-state index contributed by atoms with van der Waals surface area (Å²) < 4.78 is 30.5. The van der Waals surface area contributed by atoms with Gasteiger partial charge in [-0.1, -0.05) is 0 Å². The monoisotopic (exact) mass is 343 g/mol. The van der Waals surface area contributed by atoms with Gasteiger partial charge in [0.2, 0.25) is 10.0 Å². The molecule has 0 aliphatic rings. The summed E-state index contributed by atoms with van der Waals surface area (Å²) in [5, 5.41) is 5.76. The van der Waals surface area contributed by atoms with Crippen LogP contribution >= 0.6 is 0 Å². The third kappa shape index (κ3) is 8.29. The van der Waals surface area contributed by atoms with Gasteiger partial charge >= 0.3 is 6.09 Å². The SMILES string of the molecule is CCS(=O)(=O)Nc1ccc(NCCNC(=O)OC(C)(C)C)cc1. The average molecular weight is 343 g/mol. The third-order valence-corrected chi connectivity index (χ3v) is 3.97. The topological polar surface area (TPSA) is 96.5 Å². The van der Waals surface area contributed by atoms with E-state index in [9.17, 15) is 13.2 Å². The van der Waals surface area contributed by atoms with Crippen molar-refractivity contribution in [2.75, 3.05) is 28.9 Å². The fourth-order valence-corrected chi connectivity index (χ4v) is 2.23. The van der Waals surface area contributed by atoms with Gasteiger partial charge in [0.15, 0.2) is 0 Å². The normalized spacial score (nSPS) is 11.7. The Bertz CT molecular complexity index is 607. The van der Waals surface area contributed by atoms with Crippen molar-refractivity contribution in [3.63, 3.8) is 0 Å². The van der Waals surface area contributed by atoms with Crippen molar-refractivity contribution in [3.05, 3.63) is 24.3 Å². The van der Waals surface area contributed by atoms with Crippen molar-refractivity contribution in [3.8, 4) is 0 Å². The summed E-state index contributed by atoms with van der Waals surface area (Å²) in [6.45, 7) is 7.94. The van der Waals surface area contributed by atoms with Crippen LogP contribution in [-0.2, 0) is 14.8 Å². The lowest BCUT2D eigenvalue weighted by Crippen LogP contribution is -2.34. The first-order valence-corrected chi connectivity index (χ1v) is 9.08. The van der Waals surface area contributed by atoms with E-state index in [0.717, 1.165) is 5.69 Å². The Hall–Kier alpha value is -1.96. The van der Waals surface area contributed by atoms with Crippen LogP contribution in [0.4, 0.5) is 16.2 Å². The van der Waals surface area contributed by atoms with Crippen LogP contribution in [0.2, 0.25) is 0 Å². The Morgan fingerprint density at radius 2 is 1.65 bits per heavy atom. The Kier molecular flexibility index (Phi) is 6.68. The highest BCUT2D eigenvalue weighted by atomic mass is 32.2. The lowest BCUT2D eigenvalue weighted by Gasteiger charge is -2.19. The van der Waals surface area contributed by atoms with Crippen molar-refractivity contribution in [2.45, 2.75) is 33.3 Å². The first-order valence-electron chi connectivity index (χ1n) is 7.42. The van der Waals surface area contributed by atoms with Crippen LogP contribution in [0.15, 0.2) is 24.3 Å². The lowest BCUT2D eigenvalue weighted by atomic mass is 10.2. The van der Waals surface area contributed by atoms with Gasteiger partial charge in [-0.3, -0.25) is 4.72 Å². The van der Waals surface area contributed by atoms with Crippen LogP contribution in [0, 0.1) is 0 Å². The third-order valence-electron chi connectivity index (χ3n) is 2.66. The van der Waals surface area contributed by atoms with E-state index in [4.69, 9.17) is 4.74 Å². The molecule has 0 heterocycles. The van der Waals surface area contributed by atoms with E-state index in [-0.39, 0.29) is 5.75 Å². The molecule has 8 heteroatoms. The number of carbonyl (C=O) groups excluding carboxylic acids is 1. The van der Waals surface area contributed by atoms with Crippen LogP contribution in [0.1, 0.15) is 27.7 Å². The van der Waals surface area contributed by atoms with Crippen molar-refractivity contribution in [1.82, 2.24) is 5.32 Å². The number of rotatable bonds is 7. The van der Waals surface area contributed by atoms with Crippen LogP contribution < -0.4 is 15.4 Å².